The molecule has 2 atom stereocenters. The Labute approximate surface area is 228 Å². The van der Waals surface area contributed by atoms with Gasteiger partial charge in [-0.1, -0.05) is 60.7 Å². The molecule has 2 unspecified atom stereocenters. The zero-order valence-corrected chi connectivity index (χ0v) is 21.3. The summed E-state index contributed by atoms with van der Waals surface area (Å²) in [5.74, 6) is -0.597. The summed E-state index contributed by atoms with van der Waals surface area (Å²) in [4.78, 5) is 15.0. The molecule has 2 aliphatic heterocycles. The summed E-state index contributed by atoms with van der Waals surface area (Å²) in [6.07, 6.45) is -9.10. The molecule has 0 spiro atoms. The number of aliphatic hydroxyl groups is 1. The van der Waals surface area contributed by atoms with Crippen LogP contribution in [0.15, 0.2) is 72.8 Å². The Balaban J connectivity index is 1.18. The van der Waals surface area contributed by atoms with E-state index < -0.39 is 42.1 Å². The van der Waals surface area contributed by atoms with Crippen molar-refractivity contribution < 1.29 is 41.7 Å². The first kappa shape index (κ1) is 26.6. The second-order valence-electron chi connectivity index (χ2n) is 10.5. The monoisotopic (exact) mass is 557 g/mol. The molecule has 6 rings (SSSR count). The molecule has 2 fully saturated rings. The van der Waals surface area contributed by atoms with E-state index in [1.165, 1.54) is 12.1 Å². The number of fused-ring (bicyclic) bond motifs is 5. The van der Waals surface area contributed by atoms with Crippen LogP contribution in [0.5, 0.6) is 5.75 Å². The lowest BCUT2D eigenvalue weighted by Gasteiger charge is -2.51. The molecule has 2 bridgehead atoms. The summed E-state index contributed by atoms with van der Waals surface area (Å²) >= 11 is 0. The lowest BCUT2D eigenvalue weighted by molar-refractivity contribution is -0.253. The van der Waals surface area contributed by atoms with Gasteiger partial charge in [0.25, 0.3) is 0 Å². The van der Waals surface area contributed by atoms with Gasteiger partial charge in [0.2, 0.25) is 0 Å². The molecule has 2 saturated heterocycles. The van der Waals surface area contributed by atoms with Crippen LogP contribution in [0.4, 0.5) is 22.4 Å². The van der Waals surface area contributed by atoms with Gasteiger partial charge in [0.1, 0.15) is 12.4 Å². The van der Waals surface area contributed by atoms with Crippen molar-refractivity contribution in [1.29, 1.82) is 0 Å². The number of nitrogens with zero attached hydrogens (tertiary/aromatic N) is 1. The highest BCUT2D eigenvalue weighted by molar-refractivity contribution is 5.79. The minimum Gasteiger partial charge on any atom is -0.448 e. The number of alkyl halides is 4. The second-order valence-corrected chi connectivity index (χ2v) is 10.5. The van der Waals surface area contributed by atoms with Crippen LogP contribution in [-0.4, -0.2) is 60.5 Å². The standard InChI is InChI=1S/C30H27F4NO5/c31-27(32)30(33,34)40-21-7-5-6-18(12-21)29(37)13-19-15-38-16-20(14-29)35(19)28(36)39-17-26-24-10-3-1-8-22(24)23-9-2-4-11-25(23)26/h1-12,19-20,26-27,37H,13-17H2. The first-order chi connectivity index (χ1) is 19.2. The molecule has 0 radical (unpaired) electrons. The number of hydrogen-bond donors (Lipinski definition) is 1. The average Bonchev–Trinajstić information content (AvgIpc) is 3.25. The molecule has 3 aromatic carbocycles. The Kier molecular flexibility index (Phi) is 6.70. The van der Waals surface area contributed by atoms with E-state index in [-0.39, 0.29) is 44.1 Å². The van der Waals surface area contributed by atoms with Gasteiger partial charge in [-0.25, -0.2) is 4.79 Å². The van der Waals surface area contributed by atoms with E-state index in [1.807, 2.05) is 36.4 Å². The number of amides is 1. The van der Waals surface area contributed by atoms with Crippen molar-refractivity contribution in [3.63, 3.8) is 0 Å². The third-order valence-corrected chi connectivity index (χ3v) is 7.98. The molecule has 2 heterocycles. The van der Waals surface area contributed by atoms with Crippen LogP contribution >= 0.6 is 0 Å². The zero-order valence-electron chi connectivity index (χ0n) is 21.3. The molecular formula is C30H27F4NO5. The quantitative estimate of drug-likeness (QED) is 0.381. The topological polar surface area (TPSA) is 68.2 Å². The average molecular weight is 558 g/mol. The predicted octanol–water partition coefficient (Wildman–Crippen LogP) is 5.92. The van der Waals surface area contributed by atoms with Gasteiger partial charge in [-0.15, -0.1) is 0 Å². The van der Waals surface area contributed by atoms with Crippen LogP contribution < -0.4 is 4.74 Å². The van der Waals surface area contributed by atoms with Crippen molar-refractivity contribution in [1.82, 2.24) is 4.90 Å². The van der Waals surface area contributed by atoms with E-state index in [1.54, 1.807) is 4.90 Å². The third-order valence-electron chi connectivity index (χ3n) is 7.98. The molecule has 210 valence electrons. The fraction of sp³-hybridized carbons (Fsp3) is 0.367. The predicted molar refractivity (Wildman–Crippen MR) is 136 cm³/mol. The Morgan fingerprint density at radius 3 is 2.17 bits per heavy atom. The normalized spacial score (nSPS) is 24.0. The molecule has 40 heavy (non-hydrogen) atoms. The molecular weight excluding hydrogens is 530 g/mol. The number of hydrogen-bond acceptors (Lipinski definition) is 5. The van der Waals surface area contributed by atoms with E-state index in [9.17, 15) is 27.5 Å². The van der Waals surface area contributed by atoms with Crippen LogP contribution in [0.25, 0.3) is 11.1 Å². The van der Waals surface area contributed by atoms with Crippen molar-refractivity contribution in [3.8, 4) is 16.9 Å². The largest absolute Gasteiger partial charge is 0.461 e. The van der Waals surface area contributed by atoms with Gasteiger partial charge in [0.05, 0.1) is 30.9 Å². The maximum absolute atomic E-state index is 13.5. The second kappa shape index (κ2) is 10.1. The molecule has 1 aliphatic carbocycles. The number of carbonyl (C=O) groups excluding carboxylic acids is 1. The number of piperidine rings is 1. The van der Waals surface area contributed by atoms with Gasteiger partial charge in [0, 0.05) is 18.8 Å². The highest BCUT2D eigenvalue weighted by Gasteiger charge is 2.50. The maximum atomic E-state index is 13.5. The summed E-state index contributed by atoms with van der Waals surface area (Å²) < 4.78 is 67.9. The fourth-order valence-corrected chi connectivity index (χ4v) is 6.23. The Bertz CT molecular complexity index is 1360. The fourth-order valence-electron chi connectivity index (χ4n) is 6.23. The van der Waals surface area contributed by atoms with Gasteiger partial charge >= 0.3 is 18.6 Å². The first-order valence-electron chi connectivity index (χ1n) is 13.1. The maximum Gasteiger partial charge on any atom is 0.461 e. The summed E-state index contributed by atoms with van der Waals surface area (Å²) in [5.41, 5.74) is 3.13. The lowest BCUT2D eigenvalue weighted by atomic mass is 9.77. The van der Waals surface area contributed by atoms with Gasteiger partial charge in [-0.3, -0.25) is 4.90 Å². The van der Waals surface area contributed by atoms with Crippen LogP contribution in [0.3, 0.4) is 0 Å². The summed E-state index contributed by atoms with van der Waals surface area (Å²) in [5, 5.41) is 11.6. The van der Waals surface area contributed by atoms with Crippen molar-refractivity contribution in [3.05, 3.63) is 89.5 Å². The number of morpholine rings is 1. The number of carbonyl (C=O) groups is 1. The van der Waals surface area contributed by atoms with Gasteiger partial charge < -0.3 is 19.3 Å². The molecule has 0 aromatic heterocycles. The van der Waals surface area contributed by atoms with E-state index >= 15 is 0 Å². The number of benzene rings is 3. The molecule has 1 N–H and O–H groups in total. The Morgan fingerprint density at radius 2 is 1.57 bits per heavy atom. The van der Waals surface area contributed by atoms with E-state index in [4.69, 9.17) is 9.47 Å². The van der Waals surface area contributed by atoms with Crippen LogP contribution in [0, 0.1) is 0 Å². The third kappa shape index (κ3) is 4.69. The van der Waals surface area contributed by atoms with E-state index in [0.717, 1.165) is 34.4 Å². The first-order valence-corrected chi connectivity index (χ1v) is 13.1. The van der Waals surface area contributed by atoms with Crippen molar-refractivity contribution in [2.45, 2.75) is 49.0 Å². The summed E-state index contributed by atoms with van der Waals surface area (Å²) in [6, 6.07) is 20.1. The molecule has 10 heteroatoms. The minimum atomic E-state index is -4.67. The zero-order chi connectivity index (χ0) is 28.1. The van der Waals surface area contributed by atoms with Crippen LogP contribution in [0.2, 0.25) is 0 Å². The van der Waals surface area contributed by atoms with Crippen molar-refractivity contribution in [2.24, 2.45) is 0 Å². The smallest absolute Gasteiger partial charge is 0.448 e. The van der Waals surface area contributed by atoms with Gasteiger partial charge in [-0.05, 0) is 39.9 Å². The number of halogens is 4. The highest BCUT2D eigenvalue weighted by Crippen LogP contribution is 2.46. The number of ether oxygens (including phenoxy) is 3. The Hall–Kier alpha value is -3.63. The minimum absolute atomic E-state index is 0.0440. The van der Waals surface area contributed by atoms with Gasteiger partial charge in [-0.2, -0.15) is 17.6 Å². The molecule has 3 aromatic rings. The van der Waals surface area contributed by atoms with E-state index in [2.05, 4.69) is 16.9 Å². The summed E-state index contributed by atoms with van der Waals surface area (Å²) in [7, 11) is 0. The van der Waals surface area contributed by atoms with Crippen LogP contribution in [-0.2, 0) is 15.1 Å². The van der Waals surface area contributed by atoms with Crippen LogP contribution in [0.1, 0.15) is 35.4 Å². The molecule has 3 aliphatic rings. The molecule has 0 saturated carbocycles. The highest BCUT2D eigenvalue weighted by atomic mass is 19.3. The number of rotatable bonds is 6. The lowest BCUT2D eigenvalue weighted by Crippen LogP contribution is -2.62. The van der Waals surface area contributed by atoms with Crippen molar-refractivity contribution in [2.75, 3.05) is 19.8 Å². The molecule has 6 nitrogen and oxygen atoms in total. The molecule has 1 amide bonds. The van der Waals surface area contributed by atoms with Gasteiger partial charge in [0.15, 0.2) is 0 Å². The van der Waals surface area contributed by atoms with Crippen molar-refractivity contribution >= 4 is 6.09 Å². The Morgan fingerprint density at radius 1 is 0.975 bits per heavy atom. The van der Waals surface area contributed by atoms with E-state index in [0.29, 0.717) is 0 Å². The SMILES string of the molecule is O=C(OCC1c2ccccc2-c2ccccc21)N1C2COCC1CC(O)(c1cccc(OC(F)(F)C(F)F)c1)C2. The summed E-state index contributed by atoms with van der Waals surface area (Å²) in [6.45, 7) is 0.455.